The second kappa shape index (κ2) is 6.73. The summed E-state index contributed by atoms with van der Waals surface area (Å²) in [7, 11) is 0. The van der Waals surface area contributed by atoms with Crippen molar-refractivity contribution in [2.75, 3.05) is 0 Å². The van der Waals surface area contributed by atoms with Gasteiger partial charge >= 0.3 is 0 Å². The third-order valence-corrected chi connectivity index (χ3v) is 6.59. The number of aryl methyl sites for hydroxylation is 1. The van der Waals surface area contributed by atoms with Crippen LogP contribution >= 0.6 is 12.3 Å². The molecule has 0 spiro atoms. The van der Waals surface area contributed by atoms with E-state index in [2.05, 4.69) is 18.9 Å². The van der Waals surface area contributed by atoms with Crippen LogP contribution in [-0.2, 0) is 12.8 Å². The summed E-state index contributed by atoms with van der Waals surface area (Å²) in [5, 5.41) is 4.57. The molecule has 1 aromatic carbocycles. The van der Waals surface area contributed by atoms with Crippen molar-refractivity contribution in [2.24, 2.45) is 16.3 Å². The van der Waals surface area contributed by atoms with E-state index in [1.165, 1.54) is 16.6 Å². The molecule has 144 valence electrons. The third kappa shape index (κ3) is 3.22. The summed E-state index contributed by atoms with van der Waals surface area (Å²) in [4.78, 5) is 4.82. The van der Waals surface area contributed by atoms with E-state index in [4.69, 9.17) is 4.99 Å². The van der Waals surface area contributed by atoms with Gasteiger partial charge in [-0.25, -0.2) is 4.39 Å². The average molecular weight is 390 g/mol. The molecule has 27 heavy (non-hydrogen) atoms. The highest BCUT2D eigenvalue weighted by Crippen LogP contribution is 2.59. The van der Waals surface area contributed by atoms with Gasteiger partial charge in [-0.1, -0.05) is 20.3 Å². The second-order valence-electron chi connectivity index (χ2n) is 8.35. The number of rotatable bonds is 5. The standard InChI is InChI=1S/C21H25F2N3S/c1-5-6-17(24-18-8-12(2)7-16(22)13(18)3)20-15-9-14-10-21(14,4)11-19(15)26(25-20)27-23/h7-8,14H,5-6,9-11H2,1-4H3/t14?,21-/m1/s1. The lowest BCUT2D eigenvalue weighted by Crippen LogP contribution is -2.16. The molecule has 0 radical (unpaired) electrons. The Kier molecular flexibility index (Phi) is 4.65. The molecular weight excluding hydrogens is 364 g/mol. The summed E-state index contributed by atoms with van der Waals surface area (Å²) in [6.45, 7) is 7.98. The van der Waals surface area contributed by atoms with Gasteiger partial charge in [-0.05, 0) is 68.6 Å². The zero-order chi connectivity index (χ0) is 19.3. The number of hydrogen-bond donors (Lipinski definition) is 0. The third-order valence-electron chi connectivity index (χ3n) is 6.16. The Morgan fingerprint density at radius 2 is 2.19 bits per heavy atom. The highest BCUT2D eigenvalue weighted by atomic mass is 32.2. The second-order valence-corrected chi connectivity index (χ2v) is 8.84. The van der Waals surface area contributed by atoms with E-state index in [1.807, 2.05) is 13.0 Å². The lowest BCUT2D eigenvalue weighted by atomic mass is 9.87. The first-order valence-corrected chi connectivity index (χ1v) is 10.3. The van der Waals surface area contributed by atoms with Crippen LogP contribution in [0.25, 0.3) is 0 Å². The number of aliphatic imine (C=N–C) groups is 1. The van der Waals surface area contributed by atoms with Gasteiger partial charge in [-0.15, -0.1) is 3.89 Å². The minimum atomic E-state index is -0.245. The number of fused-ring (bicyclic) bond motifs is 2. The van der Waals surface area contributed by atoms with Crippen LogP contribution in [0.2, 0.25) is 0 Å². The van der Waals surface area contributed by atoms with Gasteiger partial charge in [0.25, 0.3) is 0 Å². The predicted octanol–water partition coefficient (Wildman–Crippen LogP) is 6.07. The Hall–Kier alpha value is -1.69. The molecule has 1 heterocycles. The van der Waals surface area contributed by atoms with E-state index in [-0.39, 0.29) is 18.2 Å². The van der Waals surface area contributed by atoms with Crippen LogP contribution in [-0.4, -0.2) is 14.9 Å². The fraction of sp³-hybridized carbons (Fsp3) is 0.524. The molecule has 2 aromatic rings. The van der Waals surface area contributed by atoms with Gasteiger partial charge in [-0.3, -0.25) is 4.99 Å². The van der Waals surface area contributed by atoms with Gasteiger partial charge in [0.2, 0.25) is 0 Å². The molecular formula is C21H25F2N3S. The molecule has 2 aliphatic rings. The molecule has 1 saturated carbocycles. The molecule has 1 fully saturated rings. The minimum absolute atomic E-state index is 0.164. The van der Waals surface area contributed by atoms with Crippen molar-refractivity contribution in [1.29, 1.82) is 0 Å². The van der Waals surface area contributed by atoms with Crippen LogP contribution in [0, 0.1) is 31.0 Å². The van der Waals surface area contributed by atoms with Crippen molar-refractivity contribution >= 4 is 23.7 Å². The average Bonchev–Trinajstić information content (AvgIpc) is 3.16. The van der Waals surface area contributed by atoms with Crippen LogP contribution in [0.1, 0.15) is 61.2 Å². The molecule has 0 N–H and O–H groups in total. The molecule has 3 nitrogen and oxygen atoms in total. The Morgan fingerprint density at radius 3 is 2.89 bits per heavy atom. The fourth-order valence-electron chi connectivity index (χ4n) is 4.33. The number of aromatic nitrogens is 2. The highest BCUT2D eigenvalue weighted by molar-refractivity contribution is 7.92. The maximum atomic E-state index is 14.2. The van der Waals surface area contributed by atoms with Crippen molar-refractivity contribution < 1.29 is 8.28 Å². The van der Waals surface area contributed by atoms with Crippen molar-refractivity contribution in [3.8, 4) is 0 Å². The summed E-state index contributed by atoms with van der Waals surface area (Å²) in [5.41, 5.74) is 6.08. The Morgan fingerprint density at radius 1 is 1.41 bits per heavy atom. The molecule has 0 bridgehead atoms. The summed E-state index contributed by atoms with van der Waals surface area (Å²) in [5.74, 6) is 0.414. The fourth-order valence-corrected chi connectivity index (χ4v) is 4.70. The van der Waals surface area contributed by atoms with Crippen molar-refractivity contribution in [1.82, 2.24) is 9.19 Å². The highest BCUT2D eigenvalue weighted by Gasteiger charge is 2.54. The van der Waals surface area contributed by atoms with Gasteiger partial charge < -0.3 is 0 Å². The van der Waals surface area contributed by atoms with Gasteiger partial charge in [0.05, 0.1) is 17.1 Å². The monoisotopic (exact) mass is 389 g/mol. The van der Waals surface area contributed by atoms with E-state index in [0.717, 1.165) is 53.9 Å². The molecule has 0 aliphatic heterocycles. The van der Waals surface area contributed by atoms with Gasteiger partial charge in [0, 0.05) is 11.1 Å². The molecule has 0 saturated heterocycles. The smallest absolute Gasteiger partial charge is 0.187 e. The number of halogens is 2. The molecule has 2 atom stereocenters. The Bertz CT molecular complexity index is 934. The summed E-state index contributed by atoms with van der Waals surface area (Å²) in [6, 6.07) is 3.43. The van der Waals surface area contributed by atoms with E-state index >= 15 is 0 Å². The molecule has 4 rings (SSSR count). The lowest BCUT2D eigenvalue weighted by molar-refractivity contribution is 0.463. The maximum Gasteiger partial charge on any atom is 0.187 e. The van der Waals surface area contributed by atoms with Crippen molar-refractivity contribution in [3.63, 3.8) is 0 Å². The summed E-state index contributed by atoms with van der Waals surface area (Å²) in [6.07, 6.45) is 4.63. The molecule has 6 heteroatoms. The summed E-state index contributed by atoms with van der Waals surface area (Å²) >= 11 is 0.164. The first kappa shape index (κ1) is 18.7. The number of nitrogens with zero attached hydrogens (tertiary/aromatic N) is 3. The molecule has 1 aromatic heterocycles. The van der Waals surface area contributed by atoms with E-state index in [9.17, 15) is 8.28 Å². The van der Waals surface area contributed by atoms with E-state index in [1.54, 1.807) is 6.92 Å². The Balaban J connectivity index is 1.83. The minimum Gasteiger partial charge on any atom is -0.251 e. The van der Waals surface area contributed by atoms with Gasteiger partial charge in [-0.2, -0.15) is 9.19 Å². The number of hydrogen-bond acceptors (Lipinski definition) is 3. The van der Waals surface area contributed by atoms with E-state index in [0.29, 0.717) is 22.6 Å². The zero-order valence-electron chi connectivity index (χ0n) is 16.3. The van der Waals surface area contributed by atoms with Crippen molar-refractivity contribution in [3.05, 3.63) is 46.0 Å². The first-order chi connectivity index (χ1) is 12.9. The quantitative estimate of drug-likeness (QED) is 0.581. The lowest BCUT2D eigenvalue weighted by Gasteiger charge is -2.19. The Labute approximate surface area is 163 Å². The van der Waals surface area contributed by atoms with Crippen molar-refractivity contribution in [2.45, 2.75) is 59.8 Å². The molecule has 0 amide bonds. The van der Waals surface area contributed by atoms with Crippen LogP contribution in [0.3, 0.4) is 0 Å². The topological polar surface area (TPSA) is 30.2 Å². The van der Waals surface area contributed by atoms with Crippen LogP contribution in [0.5, 0.6) is 0 Å². The zero-order valence-corrected chi connectivity index (χ0v) is 17.1. The van der Waals surface area contributed by atoms with Crippen LogP contribution in [0.15, 0.2) is 17.1 Å². The van der Waals surface area contributed by atoms with Crippen LogP contribution < -0.4 is 0 Å². The molecule has 2 aliphatic carbocycles. The summed E-state index contributed by atoms with van der Waals surface area (Å²) < 4.78 is 29.2. The van der Waals surface area contributed by atoms with E-state index < -0.39 is 0 Å². The van der Waals surface area contributed by atoms with Crippen LogP contribution in [0.4, 0.5) is 14.0 Å². The van der Waals surface area contributed by atoms with Gasteiger partial charge in [0.1, 0.15) is 11.5 Å². The first-order valence-electron chi connectivity index (χ1n) is 9.61. The van der Waals surface area contributed by atoms with Gasteiger partial charge in [0.15, 0.2) is 12.3 Å². The normalized spacial score (nSPS) is 23.9. The molecule has 1 unspecified atom stereocenters. The maximum absolute atomic E-state index is 14.2. The number of benzene rings is 1. The SMILES string of the molecule is CCCC(=Nc1cc(C)cc(F)c1C)c1nn(SF)c2c1CC1C[C@]1(C)C2. The largest absolute Gasteiger partial charge is 0.251 e. The predicted molar refractivity (Wildman–Crippen MR) is 107 cm³/mol.